The molecule has 0 radical (unpaired) electrons. The Bertz CT molecular complexity index is 603. The Kier molecular flexibility index (Phi) is 3.41. The molecule has 0 spiro atoms. The number of rotatable bonds is 3. The first-order valence-corrected chi connectivity index (χ1v) is 6.68. The number of nitrogens with one attached hydrogen (secondary N) is 2. The predicted molar refractivity (Wildman–Crippen MR) is 72.3 cm³/mol. The summed E-state index contributed by atoms with van der Waals surface area (Å²) < 4.78 is 6.92. The van der Waals surface area contributed by atoms with Gasteiger partial charge in [0, 0.05) is 37.5 Å². The van der Waals surface area contributed by atoms with Crippen molar-refractivity contribution in [1.82, 2.24) is 20.0 Å². The topological polar surface area (TPSA) is 85.0 Å². The molecule has 7 heteroatoms. The van der Waals surface area contributed by atoms with Gasteiger partial charge >= 0.3 is 6.03 Å². The van der Waals surface area contributed by atoms with E-state index in [4.69, 9.17) is 4.52 Å². The molecule has 0 aliphatic carbocycles. The van der Waals surface area contributed by atoms with Gasteiger partial charge in [0.1, 0.15) is 12.1 Å². The van der Waals surface area contributed by atoms with E-state index in [-0.39, 0.29) is 6.03 Å². The Hall–Kier alpha value is -2.31. The van der Waals surface area contributed by atoms with Crippen molar-refractivity contribution < 1.29 is 9.32 Å². The van der Waals surface area contributed by atoms with Crippen LogP contribution in [0.15, 0.2) is 23.2 Å². The third-order valence-corrected chi connectivity index (χ3v) is 3.56. The smallest absolute Gasteiger partial charge is 0.320 e. The summed E-state index contributed by atoms with van der Waals surface area (Å²) in [6.45, 7) is 3.37. The van der Waals surface area contributed by atoms with Crippen LogP contribution < -0.4 is 10.6 Å². The molecule has 1 aliphatic heterocycles. The van der Waals surface area contributed by atoms with E-state index in [0.29, 0.717) is 18.3 Å². The number of aryl methyl sites for hydroxylation is 2. The summed E-state index contributed by atoms with van der Waals surface area (Å²) in [5.41, 5.74) is 0.806. The quantitative estimate of drug-likeness (QED) is 0.890. The lowest BCUT2D eigenvalue weighted by Gasteiger charge is -2.23. The Balaban J connectivity index is 1.48. The van der Waals surface area contributed by atoms with E-state index in [9.17, 15) is 4.79 Å². The molecule has 7 nitrogen and oxygen atoms in total. The standard InChI is InChI=1S/C13H17N5O2/c1-9-8-20-17-12(9)16-13(19)15-6-10-2-3-11-14-4-5-18(11)7-10/h4-5,8,10H,2-3,6-7H2,1H3,(H2,15,16,17,19). The summed E-state index contributed by atoms with van der Waals surface area (Å²) in [4.78, 5) is 16.1. The molecule has 0 saturated carbocycles. The fourth-order valence-electron chi connectivity index (χ4n) is 2.40. The summed E-state index contributed by atoms with van der Waals surface area (Å²) >= 11 is 0. The van der Waals surface area contributed by atoms with E-state index >= 15 is 0 Å². The highest BCUT2D eigenvalue weighted by molar-refractivity contribution is 5.88. The highest BCUT2D eigenvalue weighted by Gasteiger charge is 2.19. The summed E-state index contributed by atoms with van der Waals surface area (Å²) in [5.74, 6) is 2.02. The summed E-state index contributed by atoms with van der Waals surface area (Å²) in [6.07, 6.45) is 7.31. The van der Waals surface area contributed by atoms with Gasteiger partial charge in [-0.25, -0.2) is 9.78 Å². The molecular weight excluding hydrogens is 258 g/mol. The molecule has 3 rings (SSSR count). The van der Waals surface area contributed by atoms with Gasteiger partial charge in [0.15, 0.2) is 5.82 Å². The van der Waals surface area contributed by atoms with Crippen molar-refractivity contribution in [2.75, 3.05) is 11.9 Å². The first-order valence-electron chi connectivity index (χ1n) is 6.68. The number of nitrogens with zero attached hydrogens (tertiary/aromatic N) is 3. The van der Waals surface area contributed by atoms with Gasteiger partial charge in [-0.1, -0.05) is 5.16 Å². The lowest BCUT2D eigenvalue weighted by atomic mass is 9.99. The molecule has 106 valence electrons. The number of imidazole rings is 1. The van der Waals surface area contributed by atoms with Gasteiger partial charge in [-0.2, -0.15) is 0 Å². The highest BCUT2D eigenvalue weighted by Crippen LogP contribution is 2.18. The number of hydrogen-bond acceptors (Lipinski definition) is 4. The Morgan fingerprint density at radius 2 is 2.50 bits per heavy atom. The zero-order valence-corrected chi connectivity index (χ0v) is 11.3. The van der Waals surface area contributed by atoms with Crippen molar-refractivity contribution in [3.8, 4) is 0 Å². The van der Waals surface area contributed by atoms with E-state index in [2.05, 4.69) is 25.3 Å². The monoisotopic (exact) mass is 275 g/mol. The van der Waals surface area contributed by atoms with Gasteiger partial charge in [-0.3, -0.25) is 5.32 Å². The van der Waals surface area contributed by atoms with E-state index < -0.39 is 0 Å². The van der Waals surface area contributed by atoms with Gasteiger partial charge in [-0.15, -0.1) is 0 Å². The average Bonchev–Trinajstić information content (AvgIpc) is 3.05. The van der Waals surface area contributed by atoms with Gasteiger partial charge < -0.3 is 14.4 Å². The Morgan fingerprint density at radius 1 is 1.60 bits per heavy atom. The third kappa shape index (κ3) is 2.66. The fraction of sp³-hybridized carbons (Fsp3) is 0.462. The van der Waals surface area contributed by atoms with E-state index in [1.807, 2.05) is 19.3 Å². The SMILES string of the molecule is Cc1conc1NC(=O)NCC1CCc2nccn2C1. The molecule has 2 N–H and O–H groups in total. The first kappa shape index (κ1) is 12.7. The summed E-state index contributed by atoms with van der Waals surface area (Å²) in [6, 6.07) is -0.251. The average molecular weight is 275 g/mol. The lowest BCUT2D eigenvalue weighted by molar-refractivity contribution is 0.247. The minimum Gasteiger partial charge on any atom is -0.362 e. The van der Waals surface area contributed by atoms with Crippen molar-refractivity contribution in [3.05, 3.63) is 30.0 Å². The zero-order chi connectivity index (χ0) is 13.9. The van der Waals surface area contributed by atoms with Crippen molar-refractivity contribution in [2.24, 2.45) is 5.92 Å². The maximum Gasteiger partial charge on any atom is 0.320 e. The number of anilines is 1. The summed E-state index contributed by atoms with van der Waals surface area (Å²) in [7, 11) is 0. The molecule has 20 heavy (non-hydrogen) atoms. The van der Waals surface area contributed by atoms with Gasteiger partial charge in [0.2, 0.25) is 0 Å². The second-order valence-corrected chi connectivity index (χ2v) is 5.08. The van der Waals surface area contributed by atoms with E-state index in [1.165, 1.54) is 6.26 Å². The van der Waals surface area contributed by atoms with E-state index in [1.54, 1.807) is 0 Å². The number of amides is 2. The van der Waals surface area contributed by atoms with Crippen LogP contribution in [-0.4, -0.2) is 27.3 Å². The Labute approximate surface area is 116 Å². The maximum atomic E-state index is 11.8. The van der Waals surface area contributed by atoms with Crippen LogP contribution in [-0.2, 0) is 13.0 Å². The van der Waals surface area contributed by atoms with Crippen molar-refractivity contribution >= 4 is 11.8 Å². The van der Waals surface area contributed by atoms with Crippen LogP contribution in [0.1, 0.15) is 17.8 Å². The highest BCUT2D eigenvalue weighted by atomic mass is 16.5. The van der Waals surface area contributed by atoms with Crippen LogP contribution in [0.4, 0.5) is 10.6 Å². The van der Waals surface area contributed by atoms with Crippen LogP contribution in [0.3, 0.4) is 0 Å². The Morgan fingerprint density at radius 3 is 3.30 bits per heavy atom. The molecule has 1 atom stereocenters. The lowest BCUT2D eigenvalue weighted by Crippen LogP contribution is -2.36. The molecule has 0 saturated heterocycles. The largest absolute Gasteiger partial charge is 0.362 e. The van der Waals surface area contributed by atoms with Crippen molar-refractivity contribution in [1.29, 1.82) is 0 Å². The van der Waals surface area contributed by atoms with Crippen LogP contribution in [0, 0.1) is 12.8 Å². The van der Waals surface area contributed by atoms with Gasteiger partial charge in [-0.05, 0) is 19.3 Å². The minimum atomic E-state index is -0.251. The van der Waals surface area contributed by atoms with Crippen LogP contribution in [0.2, 0.25) is 0 Å². The second kappa shape index (κ2) is 5.36. The molecule has 2 amide bonds. The van der Waals surface area contributed by atoms with Crippen molar-refractivity contribution in [3.63, 3.8) is 0 Å². The van der Waals surface area contributed by atoms with Crippen molar-refractivity contribution in [2.45, 2.75) is 26.3 Å². The number of fused-ring (bicyclic) bond motifs is 1. The van der Waals surface area contributed by atoms with Gasteiger partial charge in [0.05, 0.1) is 0 Å². The molecule has 2 aromatic heterocycles. The molecule has 3 heterocycles. The predicted octanol–water partition coefficient (Wildman–Crippen LogP) is 1.56. The molecule has 0 fully saturated rings. The van der Waals surface area contributed by atoms with Gasteiger partial charge in [0.25, 0.3) is 0 Å². The number of aromatic nitrogens is 3. The molecule has 2 aromatic rings. The number of urea groups is 1. The molecule has 1 aliphatic rings. The second-order valence-electron chi connectivity index (χ2n) is 5.08. The zero-order valence-electron chi connectivity index (χ0n) is 11.3. The van der Waals surface area contributed by atoms with Crippen LogP contribution >= 0.6 is 0 Å². The van der Waals surface area contributed by atoms with Crippen LogP contribution in [0.5, 0.6) is 0 Å². The molecule has 0 aromatic carbocycles. The summed E-state index contributed by atoms with van der Waals surface area (Å²) in [5, 5.41) is 9.26. The molecule has 0 bridgehead atoms. The third-order valence-electron chi connectivity index (χ3n) is 3.56. The maximum absolute atomic E-state index is 11.8. The minimum absolute atomic E-state index is 0.251. The molecule has 1 unspecified atom stereocenters. The van der Waals surface area contributed by atoms with E-state index in [0.717, 1.165) is 30.8 Å². The number of carbonyl (C=O) groups excluding carboxylic acids is 1. The fourth-order valence-corrected chi connectivity index (χ4v) is 2.40. The normalized spacial score (nSPS) is 17.6. The van der Waals surface area contributed by atoms with Crippen LogP contribution in [0.25, 0.3) is 0 Å². The first-order chi connectivity index (χ1) is 9.72. The number of carbonyl (C=O) groups is 1. The number of hydrogen-bond donors (Lipinski definition) is 2. The molecular formula is C13H17N5O2.